The van der Waals surface area contributed by atoms with E-state index in [2.05, 4.69) is 20.4 Å². The number of aromatic nitrogens is 4. The normalized spacial score (nSPS) is 20.2. The van der Waals surface area contributed by atoms with E-state index in [0.29, 0.717) is 12.4 Å². The molecule has 4 rings (SSSR count). The number of H-pyrrole nitrogens is 1. The molecule has 2 N–H and O–H groups in total. The number of nitrogens with one attached hydrogen (secondary N) is 2. The molecule has 1 aliphatic carbocycles. The molecule has 1 saturated carbocycles. The Morgan fingerprint density at radius 2 is 1.68 bits per heavy atom. The van der Waals surface area contributed by atoms with Gasteiger partial charge in [0.05, 0.1) is 31.5 Å². The predicted molar refractivity (Wildman–Crippen MR) is 122 cm³/mol. The maximum absolute atomic E-state index is 14.1. The maximum Gasteiger partial charge on any atom is 0.423 e. The van der Waals surface area contributed by atoms with Crippen molar-refractivity contribution in [1.29, 1.82) is 0 Å². The summed E-state index contributed by atoms with van der Waals surface area (Å²) in [5.41, 5.74) is -8.49. The van der Waals surface area contributed by atoms with Gasteiger partial charge in [-0.25, -0.2) is 19.5 Å². The Bertz CT molecular complexity index is 1270. The van der Waals surface area contributed by atoms with Crippen molar-refractivity contribution in [3.63, 3.8) is 0 Å². The molecule has 0 radical (unpaired) electrons. The minimum atomic E-state index is -4.89. The standard InChI is InChI=1S/C22H23F8N7O3/c1-12(34-14-10-33-35-17(39)16(14)20(24,25)26)11-40-7-2-15(38)36-3-5-37(6-4-36)18-31-8-13(9-32-18)19(23)21(27,28)22(19,29)30/h8-10,12H,2-7,11H2,1H3,(H2,34,35,39). The third-order valence-corrected chi connectivity index (χ3v) is 6.52. The second-order valence-corrected chi connectivity index (χ2v) is 9.30. The predicted octanol–water partition coefficient (Wildman–Crippen LogP) is 2.58. The first-order valence-electron chi connectivity index (χ1n) is 11.9. The summed E-state index contributed by atoms with van der Waals surface area (Å²) in [6.45, 7) is 2.32. The van der Waals surface area contributed by atoms with Gasteiger partial charge in [-0.15, -0.1) is 0 Å². The number of nitrogens with zero attached hydrogens (tertiary/aromatic N) is 5. The second-order valence-electron chi connectivity index (χ2n) is 9.30. The Labute approximate surface area is 220 Å². The van der Waals surface area contributed by atoms with Crippen molar-refractivity contribution in [2.24, 2.45) is 0 Å². The van der Waals surface area contributed by atoms with Gasteiger partial charge in [-0.05, 0) is 6.92 Å². The third kappa shape index (κ3) is 5.15. The van der Waals surface area contributed by atoms with Crippen LogP contribution in [0.1, 0.15) is 24.5 Å². The van der Waals surface area contributed by atoms with Crippen molar-refractivity contribution in [2.45, 2.75) is 43.1 Å². The van der Waals surface area contributed by atoms with Crippen LogP contribution in [0.15, 0.2) is 23.4 Å². The van der Waals surface area contributed by atoms with E-state index in [1.54, 1.807) is 10.00 Å². The number of hydrogen-bond donors (Lipinski definition) is 2. The molecule has 0 spiro atoms. The summed E-state index contributed by atoms with van der Waals surface area (Å²) in [5, 5.41) is 7.61. The highest BCUT2D eigenvalue weighted by molar-refractivity contribution is 5.76. The lowest BCUT2D eigenvalue weighted by molar-refractivity contribution is -0.138. The van der Waals surface area contributed by atoms with Crippen molar-refractivity contribution in [1.82, 2.24) is 25.1 Å². The van der Waals surface area contributed by atoms with Gasteiger partial charge in [-0.1, -0.05) is 0 Å². The molecule has 1 unspecified atom stereocenters. The molecular formula is C22H23F8N7O3. The van der Waals surface area contributed by atoms with E-state index in [0.717, 1.165) is 6.20 Å². The summed E-state index contributed by atoms with van der Waals surface area (Å²) in [5.74, 6) is -9.95. The molecule has 18 heteroatoms. The summed E-state index contributed by atoms with van der Waals surface area (Å²) in [6.07, 6.45) is -2.89. The van der Waals surface area contributed by atoms with Gasteiger partial charge in [-0.2, -0.15) is 35.8 Å². The van der Waals surface area contributed by atoms with E-state index in [9.17, 15) is 44.7 Å². The van der Waals surface area contributed by atoms with Crippen LogP contribution in [-0.4, -0.2) is 88.3 Å². The number of aromatic amines is 1. The van der Waals surface area contributed by atoms with Crippen molar-refractivity contribution in [2.75, 3.05) is 49.6 Å². The van der Waals surface area contributed by atoms with Gasteiger partial charge in [-0.3, -0.25) is 9.59 Å². The summed E-state index contributed by atoms with van der Waals surface area (Å²) in [6, 6.07) is -0.653. The smallest absolute Gasteiger partial charge is 0.379 e. The van der Waals surface area contributed by atoms with Crippen LogP contribution in [0.2, 0.25) is 0 Å². The van der Waals surface area contributed by atoms with E-state index in [1.165, 1.54) is 11.8 Å². The fraction of sp³-hybridized carbons (Fsp3) is 0.591. The topological polar surface area (TPSA) is 116 Å². The first kappa shape index (κ1) is 29.4. The fourth-order valence-corrected chi connectivity index (χ4v) is 4.24. The van der Waals surface area contributed by atoms with E-state index < -0.39 is 52.1 Å². The molecule has 220 valence electrons. The molecule has 2 aromatic rings. The van der Waals surface area contributed by atoms with Gasteiger partial charge in [0.2, 0.25) is 11.9 Å². The average Bonchev–Trinajstić information content (AvgIpc) is 3.22. The molecule has 2 aliphatic rings. The number of amides is 1. The van der Waals surface area contributed by atoms with Crippen LogP contribution in [0.5, 0.6) is 0 Å². The fourth-order valence-electron chi connectivity index (χ4n) is 4.24. The molecule has 1 saturated heterocycles. The number of piperazine rings is 1. The highest BCUT2D eigenvalue weighted by Crippen LogP contribution is 2.73. The molecule has 0 bridgehead atoms. The van der Waals surface area contributed by atoms with Crippen LogP contribution in [0.25, 0.3) is 0 Å². The van der Waals surface area contributed by atoms with Crippen molar-refractivity contribution in [3.8, 4) is 0 Å². The number of carbonyl (C=O) groups is 1. The second kappa shape index (κ2) is 10.4. The van der Waals surface area contributed by atoms with Gasteiger partial charge in [0.25, 0.3) is 11.2 Å². The van der Waals surface area contributed by atoms with Crippen molar-refractivity contribution >= 4 is 17.5 Å². The lowest BCUT2D eigenvalue weighted by Crippen LogP contribution is -2.49. The average molecular weight is 585 g/mol. The number of ether oxygens (including phenoxy) is 1. The summed E-state index contributed by atoms with van der Waals surface area (Å²) in [4.78, 5) is 34.6. The van der Waals surface area contributed by atoms with Crippen molar-refractivity contribution in [3.05, 3.63) is 40.1 Å². The van der Waals surface area contributed by atoms with Crippen LogP contribution in [0, 0.1) is 0 Å². The van der Waals surface area contributed by atoms with Crippen LogP contribution >= 0.6 is 0 Å². The van der Waals surface area contributed by atoms with Gasteiger partial charge >= 0.3 is 18.0 Å². The quantitative estimate of drug-likeness (QED) is 0.341. The van der Waals surface area contributed by atoms with Crippen molar-refractivity contribution < 1.29 is 44.7 Å². The molecule has 3 heterocycles. The molecule has 10 nitrogen and oxygen atoms in total. The summed E-state index contributed by atoms with van der Waals surface area (Å²) < 4.78 is 112. The molecule has 40 heavy (non-hydrogen) atoms. The first-order valence-corrected chi connectivity index (χ1v) is 11.9. The van der Waals surface area contributed by atoms with E-state index in [-0.39, 0.29) is 57.7 Å². The van der Waals surface area contributed by atoms with E-state index in [4.69, 9.17) is 4.74 Å². The Morgan fingerprint density at radius 3 is 2.23 bits per heavy atom. The largest absolute Gasteiger partial charge is 0.423 e. The Morgan fingerprint density at radius 1 is 1.07 bits per heavy atom. The maximum atomic E-state index is 14.1. The van der Waals surface area contributed by atoms with Crippen LogP contribution in [0.3, 0.4) is 0 Å². The number of alkyl halides is 8. The Kier molecular flexibility index (Phi) is 7.68. The number of hydrogen-bond acceptors (Lipinski definition) is 8. The number of halogens is 8. The molecule has 1 atom stereocenters. The SMILES string of the molecule is CC(COCCC(=O)N1CCN(c2ncc(C3(F)C(F)(F)C3(F)F)cn2)CC1)Nc1cn[nH]c(=O)c1C(F)(F)F. The van der Waals surface area contributed by atoms with Gasteiger partial charge in [0.15, 0.2) is 0 Å². The number of rotatable bonds is 9. The highest BCUT2D eigenvalue weighted by atomic mass is 19.4. The minimum absolute atomic E-state index is 0.000778. The van der Waals surface area contributed by atoms with Gasteiger partial charge in [0.1, 0.15) is 5.56 Å². The van der Waals surface area contributed by atoms with Gasteiger partial charge < -0.3 is 19.9 Å². The first-order chi connectivity index (χ1) is 18.6. The molecule has 2 aromatic heterocycles. The molecule has 1 aliphatic heterocycles. The van der Waals surface area contributed by atoms with E-state index >= 15 is 0 Å². The summed E-state index contributed by atoms with van der Waals surface area (Å²) >= 11 is 0. The number of anilines is 2. The highest BCUT2D eigenvalue weighted by Gasteiger charge is 2.99. The molecule has 1 amide bonds. The molecule has 0 aromatic carbocycles. The van der Waals surface area contributed by atoms with Crippen LogP contribution in [0.4, 0.5) is 46.8 Å². The van der Waals surface area contributed by atoms with E-state index in [1.807, 2.05) is 0 Å². The Hall–Kier alpha value is -3.57. The third-order valence-electron chi connectivity index (χ3n) is 6.52. The van der Waals surface area contributed by atoms with Crippen LogP contribution < -0.4 is 15.8 Å². The molecular weight excluding hydrogens is 562 g/mol. The van der Waals surface area contributed by atoms with Crippen LogP contribution in [-0.2, 0) is 21.4 Å². The zero-order chi connectivity index (χ0) is 29.5. The monoisotopic (exact) mass is 585 g/mol. The minimum Gasteiger partial charge on any atom is -0.379 e. The zero-order valence-corrected chi connectivity index (χ0v) is 20.7. The summed E-state index contributed by atoms with van der Waals surface area (Å²) in [7, 11) is 0. The molecule has 2 fully saturated rings. The lowest BCUT2D eigenvalue weighted by atomic mass is 10.2. The van der Waals surface area contributed by atoms with Gasteiger partial charge in [0, 0.05) is 50.2 Å². The lowest BCUT2D eigenvalue weighted by Gasteiger charge is -2.34. The number of carbonyl (C=O) groups excluding carboxylic acids is 1. The Balaban J connectivity index is 1.20. The zero-order valence-electron chi connectivity index (χ0n) is 20.7.